The highest BCUT2D eigenvalue weighted by molar-refractivity contribution is 7.80. The first-order valence-electron chi connectivity index (χ1n) is 4.98. The third kappa shape index (κ3) is 2.30. The molecule has 2 N–H and O–H groups in total. The summed E-state index contributed by atoms with van der Waals surface area (Å²) >= 11 is 6.55. The van der Waals surface area contributed by atoms with E-state index in [4.69, 9.17) is 18.0 Å². The molecule has 0 aliphatic heterocycles. The fourth-order valence-corrected chi connectivity index (χ4v) is 3.09. The van der Waals surface area contributed by atoms with Gasteiger partial charge in [0.05, 0.1) is 15.7 Å². The molecule has 1 aromatic heterocycles. The quantitative estimate of drug-likeness (QED) is 0.805. The van der Waals surface area contributed by atoms with Crippen molar-refractivity contribution in [2.75, 3.05) is 0 Å². The van der Waals surface area contributed by atoms with E-state index in [0.29, 0.717) is 17.3 Å². The highest BCUT2D eigenvalue weighted by Gasteiger charge is 2.19. The number of thiocarbonyl (C=S) groups is 1. The van der Waals surface area contributed by atoms with Crippen molar-refractivity contribution in [3.05, 3.63) is 16.1 Å². The Hall–Kier alpha value is -0.480. The van der Waals surface area contributed by atoms with Gasteiger partial charge in [-0.1, -0.05) is 25.1 Å². The molecule has 0 saturated heterocycles. The van der Waals surface area contributed by atoms with Crippen molar-refractivity contribution in [2.45, 2.75) is 38.0 Å². The van der Waals surface area contributed by atoms with Crippen molar-refractivity contribution >= 4 is 28.5 Å². The molecule has 76 valence electrons. The van der Waals surface area contributed by atoms with E-state index in [1.165, 1.54) is 31.4 Å². The Balaban J connectivity index is 2.05. The van der Waals surface area contributed by atoms with Crippen molar-refractivity contribution < 1.29 is 0 Å². The summed E-state index contributed by atoms with van der Waals surface area (Å²) in [6, 6.07) is 0. The van der Waals surface area contributed by atoms with Crippen LogP contribution in [0.4, 0.5) is 0 Å². The van der Waals surface area contributed by atoms with Crippen LogP contribution in [0.2, 0.25) is 0 Å². The molecule has 0 bridgehead atoms. The molecule has 1 heterocycles. The van der Waals surface area contributed by atoms with Gasteiger partial charge in [-0.25, -0.2) is 4.98 Å². The third-order valence-corrected chi connectivity index (χ3v) is 3.68. The van der Waals surface area contributed by atoms with Gasteiger partial charge < -0.3 is 5.73 Å². The standard InChI is InChI=1S/C10H14N2S2/c11-9(13)5-10-12-8(6-14-10)7-3-1-2-4-7/h6-7H,1-5H2,(H2,11,13). The van der Waals surface area contributed by atoms with E-state index in [2.05, 4.69) is 10.4 Å². The average Bonchev–Trinajstić information content (AvgIpc) is 2.69. The number of hydrogen-bond acceptors (Lipinski definition) is 3. The molecular weight excluding hydrogens is 212 g/mol. The van der Waals surface area contributed by atoms with E-state index in [1.54, 1.807) is 11.3 Å². The van der Waals surface area contributed by atoms with Crippen LogP contribution >= 0.6 is 23.6 Å². The molecule has 4 heteroatoms. The smallest absolute Gasteiger partial charge is 0.0995 e. The Morgan fingerprint density at radius 3 is 2.93 bits per heavy atom. The zero-order valence-electron chi connectivity index (χ0n) is 8.03. The van der Waals surface area contributed by atoms with Crippen LogP contribution < -0.4 is 5.73 Å². The van der Waals surface area contributed by atoms with Crippen LogP contribution in [0.1, 0.15) is 42.3 Å². The molecular formula is C10H14N2S2. The maximum absolute atomic E-state index is 5.49. The van der Waals surface area contributed by atoms with Gasteiger partial charge in [-0.05, 0) is 12.8 Å². The molecule has 0 spiro atoms. The number of rotatable bonds is 3. The van der Waals surface area contributed by atoms with Crippen LogP contribution in [0.5, 0.6) is 0 Å². The maximum atomic E-state index is 5.49. The van der Waals surface area contributed by atoms with Crippen molar-refractivity contribution in [2.24, 2.45) is 5.73 Å². The lowest BCUT2D eigenvalue weighted by atomic mass is 10.1. The second-order valence-electron chi connectivity index (χ2n) is 3.79. The van der Waals surface area contributed by atoms with Gasteiger partial charge in [0.2, 0.25) is 0 Å². The lowest BCUT2D eigenvalue weighted by molar-refractivity contribution is 0.700. The molecule has 14 heavy (non-hydrogen) atoms. The zero-order chi connectivity index (χ0) is 9.97. The molecule has 0 aromatic carbocycles. The number of thiazole rings is 1. The molecule has 1 saturated carbocycles. The summed E-state index contributed by atoms with van der Waals surface area (Å²) in [5.74, 6) is 0.700. The predicted molar refractivity (Wildman–Crippen MR) is 63.8 cm³/mol. The van der Waals surface area contributed by atoms with Crippen LogP contribution in [0.15, 0.2) is 5.38 Å². The lowest BCUT2D eigenvalue weighted by Gasteiger charge is -2.02. The minimum atomic E-state index is 0.539. The second-order valence-corrected chi connectivity index (χ2v) is 5.26. The summed E-state index contributed by atoms with van der Waals surface area (Å²) in [6.07, 6.45) is 5.97. The highest BCUT2D eigenvalue weighted by Crippen LogP contribution is 2.34. The molecule has 1 aromatic rings. The fraction of sp³-hybridized carbons (Fsp3) is 0.600. The summed E-state index contributed by atoms with van der Waals surface area (Å²) in [7, 11) is 0. The number of hydrogen-bond donors (Lipinski definition) is 1. The molecule has 0 atom stereocenters. The van der Waals surface area contributed by atoms with E-state index >= 15 is 0 Å². The fourth-order valence-electron chi connectivity index (χ4n) is 1.96. The van der Waals surface area contributed by atoms with Crippen LogP contribution in [0.3, 0.4) is 0 Å². The summed E-state index contributed by atoms with van der Waals surface area (Å²) in [5, 5.41) is 3.24. The van der Waals surface area contributed by atoms with Gasteiger partial charge in [0.25, 0.3) is 0 Å². The minimum Gasteiger partial charge on any atom is -0.393 e. The van der Waals surface area contributed by atoms with Crippen LogP contribution in [0, 0.1) is 0 Å². The average molecular weight is 226 g/mol. The Labute approximate surface area is 93.5 Å². The van der Waals surface area contributed by atoms with E-state index in [0.717, 1.165) is 5.01 Å². The van der Waals surface area contributed by atoms with Crippen LogP contribution in [-0.4, -0.2) is 9.97 Å². The first kappa shape index (κ1) is 10.1. The van der Waals surface area contributed by atoms with E-state index < -0.39 is 0 Å². The number of nitrogens with two attached hydrogens (primary N) is 1. The summed E-state index contributed by atoms with van der Waals surface area (Å²) in [4.78, 5) is 5.12. The van der Waals surface area contributed by atoms with Crippen LogP contribution in [0.25, 0.3) is 0 Å². The Kier molecular flexibility index (Phi) is 3.13. The van der Waals surface area contributed by atoms with Gasteiger partial charge in [-0.2, -0.15) is 0 Å². The Bertz CT molecular complexity index is 327. The monoisotopic (exact) mass is 226 g/mol. The van der Waals surface area contributed by atoms with Gasteiger partial charge in [-0.3, -0.25) is 0 Å². The topological polar surface area (TPSA) is 38.9 Å². The molecule has 0 amide bonds. The predicted octanol–water partition coefficient (Wildman–Crippen LogP) is 2.63. The van der Waals surface area contributed by atoms with Crippen molar-refractivity contribution in [1.29, 1.82) is 0 Å². The molecule has 1 aliphatic rings. The van der Waals surface area contributed by atoms with Crippen LogP contribution in [-0.2, 0) is 6.42 Å². The highest BCUT2D eigenvalue weighted by atomic mass is 32.1. The molecule has 0 unspecified atom stereocenters. The van der Waals surface area contributed by atoms with Crippen molar-refractivity contribution in [3.63, 3.8) is 0 Å². The Morgan fingerprint density at radius 1 is 1.57 bits per heavy atom. The summed E-state index contributed by atoms with van der Waals surface area (Å²) < 4.78 is 0. The zero-order valence-corrected chi connectivity index (χ0v) is 9.66. The van der Waals surface area contributed by atoms with E-state index in [1.807, 2.05) is 0 Å². The second kappa shape index (κ2) is 4.36. The SMILES string of the molecule is NC(=S)Cc1nc(C2CCCC2)cs1. The van der Waals surface area contributed by atoms with Crippen molar-refractivity contribution in [3.8, 4) is 0 Å². The molecule has 1 fully saturated rings. The summed E-state index contributed by atoms with van der Waals surface area (Å²) in [6.45, 7) is 0. The van der Waals surface area contributed by atoms with Gasteiger partial charge in [0.15, 0.2) is 0 Å². The number of aromatic nitrogens is 1. The van der Waals surface area contributed by atoms with Gasteiger partial charge in [0, 0.05) is 17.7 Å². The largest absolute Gasteiger partial charge is 0.393 e. The maximum Gasteiger partial charge on any atom is 0.0995 e. The molecule has 1 aliphatic carbocycles. The minimum absolute atomic E-state index is 0.539. The molecule has 0 radical (unpaired) electrons. The first-order chi connectivity index (χ1) is 6.75. The summed E-state index contributed by atoms with van der Waals surface area (Å²) in [5.41, 5.74) is 6.75. The first-order valence-corrected chi connectivity index (χ1v) is 6.27. The van der Waals surface area contributed by atoms with E-state index in [9.17, 15) is 0 Å². The van der Waals surface area contributed by atoms with E-state index in [-0.39, 0.29) is 0 Å². The third-order valence-electron chi connectivity index (χ3n) is 2.67. The Morgan fingerprint density at radius 2 is 2.29 bits per heavy atom. The lowest BCUT2D eigenvalue weighted by Crippen LogP contribution is -2.10. The van der Waals surface area contributed by atoms with Gasteiger partial charge >= 0.3 is 0 Å². The van der Waals surface area contributed by atoms with Crippen molar-refractivity contribution in [1.82, 2.24) is 4.98 Å². The normalized spacial score (nSPS) is 17.4. The van der Waals surface area contributed by atoms with Gasteiger partial charge in [-0.15, -0.1) is 11.3 Å². The number of nitrogens with zero attached hydrogens (tertiary/aromatic N) is 1. The van der Waals surface area contributed by atoms with Gasteiger partial charge in [0.1, 0.15) is 0 Å². The molecule has 2 nitrogen and oxygen atoms in total. The molecule has 2 rings (SSSR count).